The van der Waals surface area contributed by atoms with Crippen LogP contribution in [-0.2, 0) is 6.42 Å². The van der Waals surface area contributed by atoms with Crippen molar-refractivity contribution in [1.82, 2.24) is 24.8 Å². The lowest BCUT2D eigenvalue weighted by molar-refractivity contribution is 0.447. The van der Waals surface area contributed by atoms with E-state index in [2.05, 4.69) is 32.7 Å². The molecule has 0 amide bonds. The third kappa shape index (κ3) is 4.12. The highest BCUT2D eigenvalue weighted by molar-refractivity contribution is 6.04. The Labute approximate surface area is 197 Å². The molecular weight excluding hydrogens is 426 g/mol. The highest BCUT2D eigenvalue weighted by atomic mass is 15.3. The summed E-state index contributed by atoms with van der Waals surface area (Å²) in [6.45, 7) is 0.443. The molecule has 5 rings (SSSR count). The van der Waals surface area contributed by atoms with Gasteiger partial charge >= 0.3 is 0 Å². The molecule has 170 valence electrons. The summed E-state index contributed by atoms with van der Waals surface area (Å²) in [7, 11) is 0. The van der Waals surface area contributed by atoms with Gasteiger partial charge in [0, 0.05) is 54.7 Å². The molecule has 0 aliphatic carbocycles. The molecule has 0 fully saturated rings. The van der Waals surface area contributed by atoms with Gasteiger partial charge in [-0.15, -0.1) is 0 Å². The molecule has 4 heterocycles. The molecule has 9 heteroatoms. The summed E-state index contributed by atoms with van der Waals surface area (Å²) in [5.41, 5.74) is 9.89. The molecule has 3 aromatic rings. The van der Waals surface area contributed by atoms with Crippen molar-refractivity contribution in [2.75, 3.05) is 11.9 Å². The van der Waals surface area contributed by atoms with E-state index in [-0.39, 0.29) is 17.4 Å². The van der Waals surface area contributed by atoms with Crippen LogP contribution in [0.5, 0.6) is 0 Å². The number of nitrogens with two attached hydrogens (primary N) is 1. The fourth-order valence-corrected chi connectivity index (χ4v) is 4.08. The summed E-state index contributed by atoms with van der Waals surface area (Å²) < 4.78 is 1.59. The average molecular weight is 452 g/mol. The Bertz CT molecular complexity index is 1340. The largest absolute Gasteiger partial charge is 0.368 e. The summed E-state index contributed by atoms with van der Waals surface area (Å²) in [4.78, 5) is 10.4. The number of nitrogens with zero attached hydrogens (tertiary/aromatic N) is 4. The number of allylic oxidation sites excluding steroid dienone is 3. The molecular formula is C25H25N9. The van der Waals surface area contributed by atoms with E-state index in [1.807, 2.05) is 53.7 Å². The van der Waals surface area contributed by atoms with Gasteiger partial charge in [0.2, 0.25) is 5.95 Å². The van der Waals surface area contributed by atoms with E-state index in [1.54, 1.807) is 29.2 Å². The number of rotatable bonds is 5. The number of anilines is 1. The van der Waals surface area contributed by atoms with Crippen LogP contribution in [-0.4, -0.2) is 37.9 Å². The number of hydrogen-bond acceptors (Lipinski definition) is 7. The van der Waals surface area contributed by atoms with Crippen molar-refractivity contribution in [1.29, 1.82) is 10.8 Å². The van der Waals surface area contributed by atoms with Crippen molar-refractivity contribution in [2.45, 2.75) is 12.5 Å². The van der Waals surface area contributed by atoms with E-state index in [0.29, 0.717) is 36.0 Å². The van der Waals surface area contributed by atoms with Gasteiger partial charge in [0.25, 0.3) is 0 Å². The van der Waals surface area contributed by atoms with Crippen LogP contribution in [0.3, 0.4) is 0 Å². The van der Waals surface area contributed by atoms with Crippen molar-refractivity contribution in [3.63, 3.8) is 0 Å². The third-order valence-corrected chi connectivity index (χ3v) is 5.69. The third-order valence-electron chi connectivity index (χ3n) is 5.69. The molecule has 1 aromatic carbocycles. The fourth-order valence-electron chi connectivity index (χ4n) is 4.08. The Morgan fingerprint density at radius 1 is 0.971 bits per heavy atom. The number of amidine groups is 1. The lowest BCUT2D eigenvalue weighted by Crippen LogP contribution is -2.47. The number of hydrogen-bond donors (Lipinski definition) is 5. The number of aromatic nitrogens is 3. The van der Waals surface area contributed by atoms with Gasteiger partial charge in [0.1, 0.15) is 11.7 Å². The van der Waals surface area contributed by atoms with E-state index >= 15 is 0 Å². The predicted molar refractivity (Wildman–Crippen MR) is 131 cm³/mol. The van der Waals surface area contributed by atoms with Crippen LogP contribution in [0.25, 0.3) is 5.95 Å². The summed E-state index contributed by atoms with van der Waals surface area (Å²) in [5, 5.41) is 24.3. The maximum Gasteiger partial charge on any atom is 0.235 e. The Morgan fingerprint density at radius 2 is 1.71 bits per heavy atom. The van der Waals surface area contributed by atoms with E-state index < -0.39 is 0 Å². The molecule has 0 saturated heterocycles. The Balaban J connectivity index is 1.54. The molecule has 6 N–H and O–H groups in total. The molecule has 1 atom stereocenters. The van der Waals surface area contributed by atoms with Crippen molar-refractivity contribution in [2.24, 2.45) is 5.73 Å². The number of dihydropyridines is 1. The minimum atomic E-state index is -0.196. The van der Waals surface area contributed by atoms with Gasteiger partial charge < -0.3 is 21.3 Å². The van der Waals surface area contributed by atoms with Crippen LogP contribution in [0.15, 0.2) is 97.0 Å². The highest BCUT2D eigenvalue weighted by Crippen LogP contribution is 2.28. The number of pyridine rings is 1. The fraction of sp³-hybridized carbons (Fsp3) is 0.120. The SMILES string of the molecule is N=C1c2ccn(-c3ncccn3)c(=N)c2NC(=C2C=CNC=C2)N1C[C@H](N)Cc1ccccc1. The van der Waals surface area contributed by atoms with Crippen molar-refractivity contribution in [3.8, 4) is 5.95 Å². The van der Waals surface area contributed by atoms with Crippen molar-refractivity contribution < 1.29 is 0 Å². The summed E-state index contributed by atoms with van der Waals surface area (Å²) in [6, 6.07) is 13.5. The quantitative estimate of drug-likeness (QED) is 0.404. The zero-order valence-electron chi connectivity index (χ0n) is 18.4. The van der Waals surface area contributed by atoms with Gasteiger partial charge in [-0.25, -0.2) is 9.97 Å². The molecule has 2 aliphatic rings. The Kier molecular flexibility index (Phi) is 5.75. The summed E-state index contributed by atoms with van der Waals surface area (Å²) in [5.74, 6) is 1.39. The number of nitrogens with one attached hydrogen (secondary N) is 4. The average Bonchev–Trinajstić information content (AvgIpc) is 2.87. The first-order chi connectivity index (χ1) is 16.6. The van der Waals surface area contributed by atoms with Crippen LogP contribution in [0.1, 0.15) is 11.1 Å². The van der Waals surface area contributed by atoms with Gasteiger partial charge in [-0.3, -0.25) is 15.4 Å². The molecule has 2 aromatic heterocycles. The number of benzene rings is 1. The van der Waals surface area contributed by atoms with Crippen molar-refractivity contribution in [3.05, 3.63) is 114 Å². The standard InChI is InChI=1S/C25H25N9/c26-19(15-17-5-2-1-3-6-17)16-34-22(27)20-9-14-33(25-30-10-4-11-31-25)23(28)21(20)32-24(34)18-7-12-29-13-8-18/h1-14,19,27-29,32H,15-16,26H2/t19-/m1/s1. The highest BCUT2D eigenvalue weighted by Gasteiger charge is 2.30. The Morgan fingerprint density at radius 3 is 2.44 bits per heavy atom. The second kappa shape index (κ2) is 9.16. The Hall–Kier alpha value is -4.50. The molecule has 0 spiro atoms. The molecule has 0 radical (unpaired) electrons. The van der Waals surface area contributed by atoms with Crippen LogP contribution < -0.4 is 21.9 Å². The van der Waals surface area contributed by atoms with Crippen LogP contribution in [0.2, 0.25) is 0 Å². The minimum absolute atomic E-state index is 0.168. The zero-order valence-corrected chi connectivity index (χ0v) is 18.4. The molecule has 0 bridgehead atoms. The molecule has 0 unspecified atom stereocenters. The topological polar surface area (TPSA) is 132 Å². The molecule has 9 nitrogen and oxygen atoms in total. The lowest BCUT2D eigenvalue weighted by atomic mass is 10.0. The second-order valence-corrected chi connectivity index (χ2v) is 8.04. The maximum atomic E-state index is 9.03. The van der Waals surface area contributed by atoms with Gasteiger partial charge in [-0.2, -0.15) is 0 Å². The van der Waals surface area contributed by atoms with E-state index in [9.17, 15) is 0 Å². The molecule has 0 saturated carbocycles. The van der Waals surface area contributed by atoms with Gasteiger partial charge in [0.15, 0.2) is 5.49 Å². The first-order valence-electron chi connectivity index (χ1n) is 11.0. The normalized spacial score (nSPS) is 15.6. The smallest absolute Gasteiger partial charge is 0.235 e. The van der Waals surface area contributed by atoms with Crippen molar-refractivity contribution >= 4 is 11.5 Å². The predicted octanol–water partition coefficient (Wildman–Crippen LogP) is 2.21. The second-order valence-electron chi connectivity index (χ2n) is 8.04. The van der Waals surface area contributed by atoms with E-state index in [1.165, 1.54) is 0 Å². The van der Waals surface area contributed by atoms with Crippen LogP contribution >= 0.6 is 0 Å². The van der Waals surface area contributed by atoms with E-state index in [0.717, 1.165) is 11.1 Å². The number of fused-ring (bicyclic) bond motifs is 1. The first-order valence-corrected chi connectivity index (χ1v) is 11.0. The van der Waals surface area contributed by atoms with Gasteiger partial charge in [0.05, 0.1) is 5.69 Å². The van der Waals surface area contributed by atoms with E-state index in [4.69, 9.17) is 16.6 Å². The van der Waals surface area contributed by atoms with Crippen LogP contribution in [0, 0.1) is 10.8 Å². The van der Waals surface area contributed by atoms with Gasteiger partial charge in [-0.1, -0.05) is 30.3 Å². The lowest BCUT2D eigenvalue weighted by Gasteiger charge is -2.37. The minimum Gasteiger partial charge on any atom is -0.368 e. The van der Waals surface area contributed by atoms with Gasteiger partial charge in [-0.05, 0) is 36.3 Å². The summed E-state index contributed by atoms with van der Waals surface area (Å²) in [6.07, 6.45) is 13.2. The monoisotopic (exact) mass is 451 g/mol. The summed E-state index contributed by atoms with van der Waals surface area (Å²) >= 11 is 0. The van der Waals surface area contributed by atoms with Crippen LogP contribution in [0.4, 0.5) is 5.69 Å². The molecule has 34 heavy (non-hydrogen) atoms. The zero-order chi connectivity index (χ0) is 23.5. The first kappa shape index (κ1) is 21.4. The maximum absolute atomic E-state index is 9.03. The molecule has 2 aliphatic heterocycles.